The molecule has 0 spiro atoms. The van der Waals surface area contributed by atoms with E-state index < -0.39 is 0 Å². The predicted octanol–water partition coefficient (Wildman–Crippen LogP) is 2.01. The molecule has 23 heavy (non-hydrogen) atoms. The molecular formula is C17H21N3O3. The summed E-state index contributed by atoms with van der Waals surface area (Å²) < 4.78 is 7.08. The number of benzene rings is 1. The molecule has 2 aromatic rings. The monoisotopic (exact) mass is 315 g/mol. The zero-order chi connectivity index (χ0) is 16.7. The van der Waals surface area contributed by atoms with E-state index >= 15 is 0 Å². The molecule has 6 heteroatoms. The second-order valence-corrected chi connectivity index (χ2v) is 5.07. The van der Waals surface area contributed by atoms with Crippen LogP contribution in [-0.4, -0.2) is 34.6 Å². The molecule has 1 aromatic carbocycles. The van der Waals surface area contributed by atoms with Gasteiger partial charge in [0.15, 0.2) is 0 Å². The molecular weight excluding hydrogens is 294 g/mol. The summed E-state index contributed by atoms with van der Waals surface area (Å²) in [6.07, 6.45) is 2.36. The van der Waals surface area contributed by atoms with Gasteiger partial charge in [-0.05, 0) is 25.1 Å². The van der Waals surface area contributed by atoms with Crippen molar-refractivity contribution >= 4 is 10.8 Å². The van der Waals surface area contributed by atoms with E-state index in [9.17, 15) is 4.79 Å². The SMILES string of the molecule is C=CCn1nc(OCCCNCC(=C)O)c2ccccc2c1=O. The van der Waals surface area contributed by atoms with E-state index in [-0.39, 0.29) is 11.3 Å². The summed E-state index contributed by atoms with van der Waals surface area (Å²) >= 11 is 0. The number of aliphatic hydroxyl groups is 1. The third-order valence-corrected chi connectivity index (χ3v) is 3.20. The molecule has 1 heterocycles. The average molecular weight is 315 g/mol. The maximum atomic E-state index is 12.3. The highest BCUT2D eigenvalue weighted by molar-refractivity contribution is 5.85. The van der Waals surface area contributed by atoms with Crippen LogP contribution in [0.2, 0.25) is 0 Å². The Bertz CT molecular complexity index is 752. The van der Waals surface area contributed by atoms with Crippen LogP contribution in [0.3, 0.4) is 0 Å². The topological polar surface area (TPSA) is 76.4 Å². The van der Waals surface area contributed by atoms with Gasteiger partial charge >= 0.3 is 0 Å². The quantitative estimate of drug-likeness (QED) is 0.420. The molecule has 0 aliphatic rings. The van der Waals surface area contributed by atoms with Crippen LogP contribution in [0.25, 0.3) is 10.8 Å². The summed E-state index contributed by atoms with van der Waals surface area (Å²) in [5.74, 6) is 0.545. The molecule has 6 nitrogen and oxygen atoms in total. The van der Waals surface area contributed by atoms with Gasteiger partial charge in [0.25, 0.3) is 5.56 Å². The third-order valence-electron chi connectivity index (χ3n) is 3.20. The lowest BCUT2D eigenvalue weighted by Crippen LogP contribution is -2.24. The highest BCUT2D eigenvalue weighted by Gasteiger charge is 2.10. The first-order valence-electron chi connectivity index (χ1n) is 7.44. The van der Waals surface area contributed by atoms with Gasteiger partial charge in [-0.2, -0.15) is 0 Å². The number of rotatable bonds is 9. The lowest BCUT2D eigenvalue weighted by molar-refractivity contribution is 0.291. The lowest BCUT2D eigenvalue weighted by Gasteiger charge is -2.11. The fourth-order valence-corrected chi connectivity index (χ4v) is 2.16. The largest absolute Gasteiger partial charge is 0.512 e. The van der Waals surface area contributed by atoms with Crippen molar-refractivity contribution in [1.82, 2.24) is 15.1 Å². The van der Waals surface area contributed by atoms with Crippen molar-refractivity contribution in [3.05, 3.63) is 59.6 Å². The maximum absolute atomic E-state index is 12.3. The summed E-state index contributed by atoms with van der Waals surface area (Å²) in [4.78, 5) is 12.3. The number of hydrogen-bond donors (Lipinski definition) is 2. The molecule has 0 amide bonds. The second-order valence-electron chi connectivity index (χ2n) is 5.07. The van der Waals surface area contributed by atoms with Crippen LogP contribution in [0, 0.1) is 0 Å². The van der Waals surface area contributed by atoms with Gasteiger partial charge in [-0.3, -0.25) is 4.79 Å². The molecule has 0 saturated heterocycles. The van der Waals surface area contributed by atoms with E-state index in [4.69, 9.17) is 9.84 Å². The molecule has 0 bridgehead atoms. The standard InChI is InChI=1S/C17H21N3O3/c1-3-10-20-17(22)15-8-5-4-7-14(15)16(19-20)23-11-6-9-18-12-13(2)21/h3-5,7-8,18,21H,1-2,6,9-12H2. The van der Waals surface area contributed by atoms with E-state index in [1.807, 2.05) is 18.2 Å². The van der Waals surface area contributed by atoms with Crippen LogP contribution in [0.4, 0.5) is 0 Å². The summed E-state index contributed by atoms with van der Waals surface area (Å²) in [6.45, 7) is 8.88. The molecule has 0 radical (unpaired) electrons. The molecule has 2 N–H and O–H groups in total. The number of fused-ring (bicyclic) bond motifs is 1. The number of aromatic nitrogens is 2. The first kappa shape index (κ1) is 16.8. The van der Waals surface area contributed by atoms with E-state index in [0.717, 1.165) is 6.42 Å². The zero-order valence-corrected chi connectivity index (χ0v) is 13.0. The number of nitrogens with one attached hydrogen (secondary N) is 1. The first-order valence-corrected chi connectivity index (χ1v) is 7.44. The van der Waals surface area contributed by atoms with E-state index in [1.54, 1.807) is 12.1 Å². The van der Waals surface area contributed by atoms with E-state index in [1.165, 1.54) is 4.68 Å². The van der Waals surface area contributed by atoms with Crippen molar-refractivity contribution in [3.8, 4) is 5.88 Å². The normalized spacial score (nSPS) is 10.6. The van der Waals surface area contributed by atoms with E-state index in [0.29, 0.717) is 42.9 Å². The smallest absolute Gasteiger partial charge is 0.275 e. The number of ether oxygens (including phenoxy) is 1. The van der Waals surface area contributed by atoms with Crippen molar-refractivity contribution in [2.24, 2.45) is 0 Å². The third kappa shape index (κ3) is 4.43. The highest BCUT2D eigenvalue weighted by atomic mass is 16.5. The number of allylic oxidation sites excluding steroid dienone is 1. The Morgan fingerprint density at radius 2 is 2.13 bits per heavy atom. The van der Waals surface area contributed by atoms with Crippen molar-refractivity contribution in [2.45, 2.75) is 13.0 Å². The van der Waals surface area contributed by atoms with Gasteiger partial charge in [0, 0.05) is 0 Å². The molecule has 0 aliphatic carbocycles. The Labute approximate surface area is 134 Å². The summed E-state index contributed by atoms with van der Waals surface area (Å²) in [5, 5.41) is 17.6. The number of aliphatic hydroxyl groups excluding tert-OH is 1. The summed E-state index contributed by atoms with van der Waals surface area (Å²) in [5.41, 5.74) is -0.157. The minimum absolute atomic E-state index is 0.107. The van der Waals surface area contributed by atoms with Gasteiger partial charge in [0.05, 0.1) is 36.2 Å². The lowest BCUT2D eigenvalue weighted by atomic mass is 10.2. The van der Waals surface area contributed by atoms with Crippen LogP contribution in [0.1, 0.15) is 6.42 Å². The van der Waals surface area contributed by atoms with Gasteiger partial charge in [0.1, 0.15) is 0 Å². The average Bonchev–Trinajstić information content (AvgIpc) is 2.54. The van der Waals surface area contributed by atoms with Gasteiger partial charge < -0.3 is 15.2 Å². The molecule has 0 saturated carbocycles. The molecule has 2 rings (SSSR count). The minimum atomic E-state index is -0.157. The van der Waals surface area contributed by atoms with Gasteiger partial charge in [-0.15, -0.1) is 11.7 Å². The Hall–Kier alpha value is -2.60. The van der Waals surface area contributed by atoms with Crippen LogP contribution < -0.4 is 15.6 Å². The fraction of sp³-hybridized carbons (Fsp3) is 0.294. The predicted molar refractivity (Wildman–Crippen MR) is 91.0 cm³/mol. The maximum Gasteiger partial charge on any atom is 0.275 e. The van der Waals surface area contributed by atoms with Gasteiger partial charge in [-0.25, -0.2) is 4.68 Å². The second kappa shape index (κ2) is 8.14. The van der Waals surface area contributed by atoms with Crippen molar-refractivity contribution < 1.29 is 9.84 Å². The van der Waals surface area contributed by atoms with Gasteiger partial charge in [0.2, 0.25) is 5.88 Å². The molecule has 0 aliphatic heterocycles. The Balaban J connectivity index is 2.10. The van der Waals surface area contributed by atoms with Gasteiger partial charge in [-0.1, -0.05) is 24.8 Å². The summed E-state index contributed by atoms with van der Waals surface area (Å²) in [7, 11) is 0. The van der Waals surface area contributed by atoms with Crippen LogP contribution in [0.15, 0.2) is 54.1 Å². The molecule has 0 atom stereocenters. The fourth-order valence-electron chi connectivity index (χ4n) is 2.16. The Kier molecular flexibility index (Phi) is 5.94. The van der Waals surface area contributed by atoms with Crippen molar-refractivity contribution in [2.75, 3.05) is 19.7 Å². The van der Waals surface area contributed by atoms with Crippen LogP contribution >= 0.6 is 0 Å². The zero-order valence-electron chi connectivity index (χ0n) is 13.0. The molecule has 0 fully saturated rings. The van der Waals surface area contributed by atoms with Crippen LogP contribution in [0.5, 0.6) is 5.88 Å². The minimum Gasteiger partial charge on any atom is -0.512 e. The molecule has 122 valence electrons. The highest BCUT2D eigenvalue weighted by Crippen LogP contribution is 2.20. The van der Waals surface area contributed by atoms with E-state index in [2.05, 4.69) is 23.6 Å². The van der Waals surface area contributed by atoms with Crippen molar-refractivity contribution in [3.63, 3.8) is 0 Å². The number of hydrogen-bond acceptors (Lipinski definition) is 5. The van der Waals surface area contributed by atoms with Crippen LogP contribution in [-0.2, 0) is 6.54 Å². The molecule has 0 unspecified atom stereocenters. The molecule has 1 aromatic heterocycles. The van der Waals surface area contributed by atoms with Crippen molar-refractivity contribution in [1.29, 1.82) is 0 Å². The first-order chi connectivity index (χ1) is 11.1. The Morgan fingerprint density at radius 3 is 2.83 bits per heavy atom. The number of nitrogens with zero attached hydrogens (tertiary/aromatic N) is 2. The Morgan fingerprint density at radius 1 is 1.39 bits per heavy atom. The summed E-state index contributed by atoms with van der Waals surface area (Å²) in [6, 6.07) is 7.26.